The first-order valence-corrected chi connectivity index (χ1v) is 15.8. The maximum absolute atomic E-state index is 13.6. The number of non-ortho nitro benzene ring substituents is 2. The van der Waals surface area contributed by atoms with Crippen molar-refractivity contribution in [3.8, 4) is 11.5 Å². The Labute approximate surface area is 307 Å². The van der Waals surface area contributed by atoms with Crippen LogP contribution in [0.5, 0.6) is 11.5 Å². The molecule has 0 saturated heterocycles. The van der Waals surface area contributed by atoms with Crippen LogP contribution in [-0.4, -0.2) is 57.0 Å². The third-order valence-electron chi connectivity index (χ3n) is 6.39. The Hall–Kier alpha value is -6.02. The van der Waals surface area contributed by atoms with Gasteiger partial charge in [0.05, 0.1) is 29.9 Å². The van der Waals surface area contributed by atoms with Crippen molar-refractivity contribution in [3.05, 3.63) is 136 Å². The normalized spacial score (nSPS) is 10.2. The first-order chi connectivity index (χ1) is 24.5. The fourth-order valence-corrected chi connectivity index (χ4v) is 4.73. The third-order valence-corrected chi connectivity index (χ3v) is 7.60. The maximum atomic E-state index is 13.6. The highest BCUT2D eigenvalue weighted by atomic mass is 79.9. The van der Waals surface area contributed by atoms with E-state index in [1.807, 2.05) is 0 Å². The molecule has 4 N–H and O–H groups in total. The summed E-state index contributed by atoms with van der Waals surface area (Å²) in [5.74, 6) is -5.78. The number of hydrogen-bond donors (Lipinski definition) is 4. The van der Waals surface area contributed by atoms with Crippen LogP contribution in [0.1, 0.15) is 31.8 Å². The van der Waals surface area contributed by atoms with Crippen molar-refractivity contribution < 1.29 is 57.5 Å². The molecule has 4 aromatic carbocycles. The summed E-state index contributed by atoms with van der Waals surface area (Å²) in [5, 5.41) is 43.9. The highest BCUT2D eigenvalue weighted by molar-refractivity contribution is 9.10. The van der Waals surface area contributed by atoms with Crippen LogP contribution < -0.4 is 20.1 Å². The number of hydrogen-bond acceptors (Lipinski definition) is 10. The minimum atomic E-state index is -1.28. The van der Waals surface area contributed by atoms with Crippen molar-refractivity contribution in [2.75, 3.05) is 13.2 Å². The second kappa shape index (κ2) is 18.8. The standard InChI is InChI=1S/2C16H12BrFN2O6/c2*17-12-5-11(14(6-13(12)18)26-8-15(21)22)16(23)19-7-9-2-1-3-10(4-9)20(24)25/h2*1-6H,7-8H2,(H,19,23)(H,21,22). The summed E-state index contributed by atoms with van der Waals surface area (Å²) < 4.78 is 37.2. The van der Waals surface area contributed by atoms with E-state index in [-0.39, 0.29) is 56.0 Å². The van der Waals surface area contributed by atoms with Crippen LogP contribution in [-0.2, 0) is 22.7 Å². The molecule has 52 heavy (non-hydrogen) atoms. The first-order valence-electron chi connectivity index (χ1n) is 14.3. The lowest BCUT2D eigenvalue weighted by atomic mass is 10.1. The van der Waals surface area contributed by atoms with Crippen molar-refractivity contribution in [1.29, 1.82) is 0 Å². The number of aliphatic carboxylic acids is 2. The molecule has 0 radical (unpaired) electrons. The van der Waals surface area contributed by atoms with E-state index in [1.54, 1.807) is 12.1 Å². The molecule has 0 saturated carbocycles. The molecular formula is C32H24Br2F2N4O12. The van der Waals surface area contributed by atoms with Crippen molar-refractivity contribution >= 4 is 67.0 Å². The molecule has 0 spiro atoms. The highest BCUT2D eigenvalue weighted by Crippen LogP contribution is 2.28. The number of ether oxygens (including phenoxy) is 2. The summed E-state index contributed by atoms with van der Waals surface area (Å²) in [6, 6.07) is 15.5. The molecule has 272 valence electrons. The number of rotatable bonds is 14. The van der Waals surface area contributed by atoms with Crippen LogP contribution in [0.3, 0.4) is 0 Å². The van der Waals surface area contributed by atoms with Crippen LogP contribution in [0.15, 0.2) is 81.7 Å². The van der Waals surface area contributed by atoms with Crippen LogP contribution in [0.2, 0.25) is 0 Å². The lowest BCUT2D eigenvalue weighted by molar-refractivity contribution is -0.385. The van der Waals surface area contributed by atoms with Gasteiger partial charge < -0.3 is 30.3 Å². The Morgan fingerprint density at radius 1 is 0.654 bits per heavy atom. The zero-order valence-corrected chi connectivity index (χ0v) is 29.3. The van der Waals surface area contributed by atoms with E-state index in [9.17, 15) is 48.2 Å². The average Bonchev–Trinajstić information content (AvgIpc) is 3.10. The van der Waals surface area contributed by atoms with Crippen molar-refractivity contribution in [3.63, 3.8) is 0 Å². The van der Waals surface area contributed by atoms with Crippen LogP contribution in [0.4, 0.5) is 20.2 Å². The van der Waals surface area contributed by atoms with E-state index < -0.39 is 58.4 Å². The first kappa shape index (κ1) is 40.4. The lowest BCUT2D eigenvalue weighted by Gasteiger charge is -2.12. The van der Waals surface area contributed by atoms with Gasteiger partial charge in [-0.05, 0) is 55.1 Å². The molecule has 0 fully saturated rings. The highest BCUT2D eigenvalue weighted by Gasteiger charge is 2.19. The summed E-state index contributed by atoms with van der Waals surface area (Å²) in [4.78, 5) is 66.4. The van der Waals surface area contributed by atoms with Gasteiger partial charge in [0.25, 0.3) is 23.2 Å². The summed E-state index contributed by atoms with van der Waals surface area (Å²) in [5.41, 5.74) is 0.580. The molecule has 0 unspecified atom stereocenters. The number of carboxylic acids is 2. The zero-order chi connectivity index (χ0) is 38.5. The lowest BCUT2D eigenvalue weighted by Crippen LogP contribution is -2.24. The predicted octanol–water partition coefficient (Wildman–Crippen LogP) is 5.78. The Morgan fingerprint density at radius 2 is 1.02 bits per heavy atom. The van der Waals surface area contributed by atoms with Crippen LogP contribution >= 0.6 is 31.9 Å². The Bertz CT molecular complexity index is 1890. The minimum absolute atomic E-state index is 0.000624. The van der Waals surface area contributed by atoms with E-state index >= 15 is 0 Å². The van der Waals surface area contributed by atoms with E-state index in [0.717, 1.165) is 24.3 Å². The van der Waals surface area contributed by atoms with Crippen molar-refractivity contribution in [2.45, 2.75) is 13.1 Å². The molecule has 4 aromatic rings. The molecule has 4 rings (SSSR count). The Balaban J connectivity index is 0.000000280. The largest absolute Gasteiger partial charge is 0.481 e. The molecule has 16 nitrogen and oxygen atoms in total. The van der Waals surface area contributed by atoms with E-state index in [0.29, 0.717) is 11.1 Å². The predicted molar refractivity (Wildman–Crippen MR) is 183 cm³/mol. The molecule has 0 aromatic heterocycles. The van der Waals surface area contributed by atoms with Crippen molar-refractivity contribution in [2.24, 2.45) is 0 Å². The number of benzene rings is 4. The number of nitrogens with zero attached hydrogens (tertiary/aromatic N) is 2. The summed E-state index contributed by atoms with van der Waals surface area (Å²) in [6.07, 6.45) is 0. The van der Waals surface area contributed by atoms with Crippen LogP contribution in [0.25, 0.3) is 0 Å². The van der Waals surface area contributed by atoms with Crippen molar-refractivity contribution in [1.82, 2.24) is 10.6 Å². The molecule has 0 aliphatic heterocycles. The molecule has 0 aliphatic rings. The quantitative estimate of drug-likeness (QED) is 0.0873. The van der Waals surface area contributed by atoms with Gasteiger partial charge in [0.15, 0.2) is 13.2 Å². The third kappa shape index (κ3) is 12.1. The second-order valence-corrected chi connectivity index (χ2v) is 11.8. The Morgan fingerprint density at radius 3 is 1.35 bits per heavy atom. The Kier molecular flexibility index (Phi) is 14.6. The number of carboxylic acid groups (broad SMARTS) is 2. The molecule has 20 heteroatoms. The smallest absolute Gasteiger partial charge is 0.341 e. The van der Waals surface area contributed by atoms with Gasteiger partial charge in [-0.1, -0.05) is 24.3 Å². The van der Waals surface area contributed by atoms with Gasteiger partial charge in [-0.3, -0.25) is 29.8 Å². The van der Waals surface area contributed by atoms with Gasteiger partial charge in [-0.15, -0.1) is 0 Å². The monoisotopic (exact) mass is 852 g/mol. The number of halogens is 4. The second-order valence-electron chi connectivity index (χ2n) is 10.1. The number of nitro benzene ring substituents is 2. The minimum Gasteiger partial charge on any atom is -0.481 e. The molecule has 0 atom stereocenters. The summed E-state index contributed by atoms with van der Waals surface area (Å²) in [7, 11) is 0. The zero-order valence-electron chi connectivity index (χ0n) is 26.1. The van der Waals surface area contributed by atoms with E-state index in [2.05, 4.69) is 42.5 Å². The number of amides is 2. The summed E-state index contributed by atoms with van der Waals surface area (Å²) >= 11 is 5.90. The number of nitrogens with one attached hydrogen (secondary N) is 2. The van der Waals surface area contributed by atoms with Gasteiger partial charge in [0, 0.05) is 49.5 Å². The topological polar surface area (TPSA) is 238 Å². The summed E-state index contributed by atoms with van der Waals surface area (Å²) in [6.45, 7) is -1.53. The van der Waals surface area contributed by atoms with Gasteiger partial charge in [0.2, 0.25) is 0 Å². The fourth-order valence-electron chi connectivity index (χ4n) is 4.04. The SMILES string of the molecule is O=C(O)COc1cc(F)c(Br)cc1C(=O)NCc1cccc([N+](=O)[O-])c1.O=C(O)COc1cc(F)c(Br)cc1C(=O)NCc1cccc([N+](=O)[O-])c1. The van der Waals surface area contributed by atoms with Gasteiger partial charge in [-0.2, -0.15) is 0 Å². The van der Waals surface area contributed by atoms with Gasteiger partial charge in [-0.25, -0.2) is 18.4 Å². The number of nitro groups is 2. The number of carbonyl (C=O) groups excluding carboxylic acids is 2. The van der Waals surface area contributed by atoms with E-state index in [4.69, 9.17) is 19.7 Å². The van der Waals surface area contributed by atoms with E-state index in [1.165, 1.54) is 36.4 Å². The molecule has 2 amide bonds. The molecule has 0 bridgehead atoms. The van der Waals surface area contributed by atoms with Gasteiger partial charge >= 0.3 is 11.9 Å². The van der Waals surface area contributed by atoms with Crippen LogP contribution in [0, 0.1) is 31.9 Å². The van der Waals surface area contributed by atoms with Gasteiger partial charge in [0.1, 0.15) is 23.1 Å². The fraction of sp³-hybridized carbons (Fsp3) is 0.125. The molecule has 0 aliphatic carbocycles. The molecule has 0 heterocycles. The average molecular weight is 854 g/mol. The maximum Gasteiger partial charge on any atom is 0.341 e. The molecular weight excluding hydrogens is 830 g/mol. The number of carbonyl (C=O) groups is 4.